The van der Waals surface area contributed by atoms with Crippen LogP contribution >= 0.6 is 0 Å². The van der Waals surface area contributed by atoms with Gasteiger partial charge in [-0.25, -0.2) is 4.79 Å². The maximum atomic E-state index is 12.9. The van der Waals surface area contributed by atoms with Gasteiger partial charge in [-0.05, 0) is 37.5 Å². The third kappa shape index (κ3) is 6.09. The van der Waals surface area contributed by atoms with Crippen LogP contribution in [0.3, 0.4) is 0 Å². The highest BCUT2D eigenvalue weighted by Gasteiger charge is 2.31. The topological polar surface area (TPSA) is 53.6 Å². The van der Waals surface area contributed by atoms with Gasteiger partial charge < -0.3 is 20.3 Å². The lowest BCUT2D eigenvalue weighted by Crippen LogP contribution is -2.31. The van der Waals surface area contributed by atoms with Crippen LogP contribution in [0.4, 0.5) is 29.3 Å². The Morgan fingerprint density at radius 3 is 2.58 bits per heavy atom. The first-order valence-corrected chi connectivity index (χ1v) is 8.82. The highest BCUT2D eigenvalue weighted by Crippen LogP contribution is 2.34. The Morgan fingerprint density at radius 1 is 1.27 bits per heavy atom. The van der Waals surface area contributed by atoms with Crippen LogP contribution in [0.15, 0.2) is 18.2 Å². The number of hydrogen-bond donors (Lipinski definition) is 2. The fourth-order valence-electron chi connectivity index (χ4n) is 2.95. The zero-order valence-electron chi connectivity index (χ0n) is 15.2. The molecule has 1 aromatic rings. The molecule has 8 heteroatoms. The predicted octanol–water partition coefficient (Wildman–Crippen LogP) is 4.24. The van der Waals surface area contributed by atoms with E-state index < -0.39 is 17.8 Å². The molecule has 26 heavy (non-hydrogen) atoms. The van der Waals surface area contributed by atoms with E-state index in [9.17, 15) is 18.0 Å². The van der Waals surface area contributed by atoms with Crippen molar-refractivity contribution in [2.45, 2.75) is 44.4 Å². The van der Waals surface area contributed by atoms with Gasteiger partial charge in [-0.2, -0.15) is 13.2 Å². The summed E-state index contributed by atoms with van der Waals surface area (Å²) in [7, 11) is 3.40. The van der Waals surface area contributed by atoms with Crippen LogP contribution in [0.1, 0.15) is 37.7 Å². The lowest BCUT2D eigenvalue weighted by molar-refractivity contribution is -0.137. The third-order valence-electron chi connectivity index (χ3n) is 4.32. The summed E-state index contributed by atoms with van der Waals surface area (Å²) in [6.45, 7) is 0.965. The maximum absolute atomic E-state index is 12.9. The Morgan fingerprint density at radius 2 is 1.96 bits per heavy atom. The first kappa shape index (κ1) is 20.4. The number of urea groups is 1. The van der Waals surface area contributed by atoms with Crippen molar-refractivity contribution in [2.75, 3.05) is 37.5 Å². The van der Waals surface area contributed by atoms with Crippen molar-refractivity contribution in [2.24, 2.45) is 0 Å². The smallest absolute Gasteiger partial charge is 0.378 e. The van der Waals surface area contributed by atoms with Crippen LogP contribution in [0, 0.1) is 0 Å². The third-order valence-corrected chi connectivity index (χ3v) is 4.32. The van der Waals surface area contributed by atoms with Gasteiger partial charge in [0.1, 0.15) is 0 Å². The van der Waals surface area contributed by atoms with Crippen molar-refractivity contribution >= 4 is 17.4 Å². The first-order valence-electron chi connectivity index (χ1n) is 8.82. The molecule has 0 bridgehead atoms. The SMILES string of the molecule is CN(C)c1ccc(C(F)(F)F)cc1NC(=O)NCCCOC1CCCC1. The van der Waals surface area contributed by atoms with Gasteiger partial charge in [0, 0.05) is 27.2 Å². The molecule has 0 radical (unpaired) electrons. The van der Waals surface area contributed by atoms with Gasteiger partial charge in [-0.15, -0.1) is 0 Å². The van der Waals surface area contributed by atoms with E-state index >= 15 is 0 Å². The number of rotatable bonds is 7. The summed E-state index contributed by atoms with van der Waals surface area (Å²) in [4.78, 5) is 13.6. The number of carbonyl (C=O) groups is 1. The van der Waals surface area contributed by atoms with E-state index in [1.54, 1.807) is 19.0 Å². The summed E-state index contributed by atoms with van der Waals surface area (Å²) in [6, 6.07) is 2.75. The Hall–Kier alpha value is -1.96. The molecule has 1 fully saturated rings. The monoisotopic (exact) mass is 373 g/mol. The Bertz CT molecular complexity index is 600. The summed E-state index contributed by atoms with van der Waals surface area (Å²) in [5.41, 5.74) is -0.189. The van der Waals surface area contributed by atoms with Crippen molar-refractivity contribution in [3.05, 3.63) is 23.8 Å². The first-order chi connectivity index (χ1) is 12.3. The molecule has 1 aliphatic carbocycles. The molecule has 0 heterocycles. The van der Waals surface area contributed by atoms with Crippen molar-refractivity contribution in [1.82, 2.24) is 5.32 Å². The average molecular weight is 373 g/mol. The number of ether oxygens (including phenoxy) is 1. The van der Waals surface area contributed by atoms with E-state index in [4.69, 9.17) is 4.74 Å². The van der Waals surface area contributed by atoms with Crippen LogP contribution in [0.2, 0.25) is 0 Å². The molecule has 5 nitrogen and oxygen atoms in total. The van der Waals surface area contributed by atoms with Crippen molar-refractivity contribution in [3.8, 4) is 0 Å². The molecular weight excluding hydrogens is 347 g/mol. The van der Waals surface area contributed by atoms with Gasteiger partial charge in [-0.3, -0.25) is 0 Å². The standard InChI is InChI=1S/C18H26F3N3O2/c1-24(2)16-9-8-13(18(19,20)21)12-15(16)23-17(25)22-10-5-11-26-14-6-3-4-7-14/h8-9,12,14H,3-7,10-11H2,1-2H3,(H2,22,23,25). The lowest BCUT2D eigenvalue weighted by Gasteiger charge is -2.20. The zero-order valence-corrected chi connectivity index (χ0v) is 15.2. The second kappa shape index (κ2) is 9.12. The van der Waals surface area contributed by atoms with E-state index in [1.165, 1.54) is 18.9 Å². The normalized spacial score (nSPS) is 15.1. The van der Waals surface area contributed by atoms with E-state index in [2.05, 4.69) is 10.6 Å². The highest BCUT2D eigenvalue weighted by molar-refractivity contribution is 5.93. The number of amides is 2. The average Bonchev–Trinajstić information content (AvgIpc) is 3.06. The maximum Gasteiger partial charge on any atom is 0.416 e. The fourth-order valence-corrected chi connectivity index (χ4v) is 2.95. The van der Waals surface area contributed by atoms with Gasteiger partial charge in [0.15, 0.2) is 0 Å². The van der Waals surface area contributed by atoms with E-state index in [0.717, 1.165) is 25.0 Å². The van der Waals surface area contributed by atoms with Gasteiger partial charge in [-0.1, -0.05) is 12.8 Å². The van der Waals surface area contributed by atoms with Gasteiger partial charge in [0.25, 0.3) is 0 Å². The Kier molecular flexibility index (Phi) is 7.14. The molecule has 0 aliphatic heterocycles. The van der Waals surface area contributed by atoms with Crippen LogP contribution < -0.4 is 15.5 Å². The minimum absolute atomic E-state index is 0.115. The summed E-state index contributed by atoms with van der Waals surface area (Å²) in [5.74, 6) is 0. The largest absolute Gasteiger partial charge is 0.416 e. The number of carbonyl (C=O) groups excluding carboxylic acids is 1. The second-order valence-electron chi connectivity index (χ2n) is 6.64. The van der Waals surface area contributed by atoms with Crippen LogP contribution in [-0.4, -0.2) is 39.4 Å². The fraction of sp³-hybridized carbons (Fsp3) is 0.611. The number of alkyl halides is 3. The number of nitrogens with zero attached hydrogens (tertiary/aromatic N) is 1. The van der Waals surface area contributed by atoms with Crippen LogP contribution in [0.25, 0.3) is 0 Å². The quantitative estimate of drug-likeness (QED) is 0.703. The molecule has 2 rings (SSSR count). The molecule has 2 amide bonds. The summed E-state index contributed by atoms with van der Waals surface area (Å²) in [6.07, 6.45) is 1.12. The number of benzene rings is 1. The van der Waals surface area contributed by atoms with Gasteiger partial charge in [0.05, 0.1) is 23.0 Å². The minimum Gasteiger partial charge on any atom is -0.378 e. The molecule has 0 spiro atoms. The van der Waals surface area contributed by atoms with Gasteiger partial charge >= 0.3 is 12.2 Å². The van der Waals surface area contributed by atoms with Gasteiger partial charge in [0.2, 0.25) is 0 Å². The van der Waals surface area contributed by atoms with E-state index in [0.29, 0.717) is 31.4 Å². The highest BCUT2D eigenvalue weighted by atomic mass is 19.4. The summed E-state index contributed by atoms with van der Waals surface area (Å²) >= 11 is 0. The molecule has 0 aromatic heterocycles. The molecule has 1 aliphatic rings. The molecule has 1 aromatic carbocycles. The number of nitrogens with one attached hydrogen (secondary N) is 2. The predicted molar refractivity (Wildman–Crippen MR) is 95.6 cm³/mol. The van der Waals surface area contributed by atoms with Crippen LogP contribution in [-0.2, 0) is 10.9 Å². The minimum atomic E-state index is -4.46. The molecule has 2 N–H and O–H groups in total. The number of hydrogen-bond acceptors (Lipinski definition) is 3. The van der Waals surface area contributed by atoms with Crippen molar-refractivity contribution in [3.63, 3.8) is 0 Å². The molecular formula is C18H26F3N3O2. The zero-order chi connectivity index (χ0) is 19.2. The summed E-state index contributed by atoms with van der Waals surface area (Å²) in [5, 5.41) is 5.15. The van der Waals surface area contributed by atoms with E-state index in [-0.39, 0.29) is 5.69 Å². The molecule has 0 atom stereocenters. The lowest BCUT2D eigenvalue weighted by atomic mass is 10.1. The Labute approximate surface area is 151 Å². The summed E-state index contributed by atoms with van der Waals surface area (Å²) < 4.78 is 44.4. The molecule has 146 valence electrons. The molecule has 1 saturated carbocycles. The van der Waals surface area contributed by atoms with Crippen molar-refractivity contribution < 1.29 is 22.7 Å². The molecule has 0 saturated heterocycles. The Balaban J connectivity index is 1.84. The molecule has 0 unspecified atom stereocenters. The second-order valence-corrected chi connectivity index (χ2v) is 6.64. The van der Waals surface area contributed by atoms with E-state index in [1.807, 2.05) is 0 Å². The number of halogens is 3. The number of anilines is 2. The van der Waals surface area contributed by atoms with Crippen LogP contribution in [0.5, 0.6) is 0 Å². The van der Waals surface area contributed by atoms with Crippen molar-refractivity contribution in [1.29, 1.82) is 0 Å².